The number of fused-ring (bicyclic) bond motifs is 1. The van der Waals surface area contributed by atoms with E-state index >= 15 is 0 Å². The molecule has 94 valence electrons. The van der Waals surface area contributed by atoms with Crippen molar-refractivity contribution in [1.29, 1.82) is 0 Å². The predicted octanol–water partition coefficient (Wildman–Crippen LogP) is 1.26. The van der Waals surface area contributed by atoms with Crippen LogP contribution < -0.4 is 4.74 Å². The van der Waals surface area contributed by atoms with Crippen LogP contribution in [0, 0.1) is 0 Å². The number of rotatable bonds is 2. The molecule has 1 aliphatic rings. The highest BCUT2D eigenvalue weighted by atomic mass is 16.5. The first-order valence-corrected chi connectivity index (χ1v) is 6.02. The number of aliphatic hydroxyl groups excluding tert-OH is 1. The van der Waals surface area contributed by atoms with Crippen molar-refractivity contribution in [3.8, 4) is 17.1 Å². The van der Waals surface area contributed by atoms with Crippen LogP contribution in [0.25, 0.3) is 11.4 Å². The third-order valence-corrected chi connectivity index (χ3v) is 3.19. The zero-order valence-electron chi connectivity index (χ0n) is 10.2. The molecule has 0 radical (unpaired) electrons. The lowest BCUT2D eigenvalue weighted by Gasteiger charge is -2.16. The highest BCUT2D eigenvalue weighted by molar-refractivity contribution is 5.55. The van der Waals surface area contributed by atoms with E-state index in [1.165, 1.54) is 0 Å². The molecular weight excluding hydrogens is 230 g/mol. The predicted molar refractivity (Wildman–Crippen MR) is 66.3 cm³/mol. The van der Waals surface area contributed by atoms with E-state index in [0.29, 0.717) is 12.2 Å². The first-order chi connectivity index (χ1) is 8.76. The van der Waals surface area contributed by atoms with Crippen LogP contribution in [0.2, 0.25) is 0 Å². The summed E-state index contributed by atoms with van der Waals surface area (Å²) in [6, 6.07) is 7.67. The van der Waals surface area contributed by atoms with Crippen LogP contribution >= 0.6 is 0 Å². The lowest BCUT2D eigenvalue weighted by atomic mass is 10.1. The second-order valence-electron chi connectivity index (χ2n) is 4.45. The number of aryl methyl sites for hydroxylation is 1. The molecule has 2 heterocycles. The Hall–Kier alpha value is -1.88. The summed E-state index contributed by atoms with van der Waals surface area (Å²) in [7, 11) is 1.64. The molecular formula is C13H15N3O2. The Morgan fingerprint density at radius 2 is 2.11 bits per heavy atom. The molecule has 0 bridgehead atoms. The van der Waals surface area contributed by atoms with Crippen LogP contribution in [0.5, 0.6) is 5.75 Å². The summed E-state index contributed by atoms with van der Waals surface area (Å²) in [5, 5.41) is 14.1. The van der Waals surface area contributed by atoms with Gasteiger partial charge in [0.15, 0.2) is 5.82 Å². The van der Waals surface area contributed by atoms with Crippen molar-refractivity contribution in [1.82, 2.24) is 14.8 Å². The van der Waals surface area contributed by atoms with Gasteiger partial charge in [0.05, 0.1) is 13.2 Å². The van der Waals surface area contributed by atoms with Gasteiger partial charge in [-0.05, 0) is 30.7 Å². The lowest BCUT2D eigenvalue weighted by Crippen LogP contribution is -2.23. The molecule has 0 fully saturated rings. The number of aliphatic hydroxyl groups is 1. The van der Waals surface area contributed by atoms with Crippen LogP contribution in [0.4, 0.5) is 0 Å². The summed E-state index contributed by atoms with van der Waals surface area (Å²) in [5.41, 5.74) is 0.965. The third kappa shape index (κ3) is 1.97. The van der Waals surface area contributed by atoms with Crippen molar-refractivity contribution in [3.63, 3.8) is 0 Å². The highest BCUT2D eigenvalue weighted by Gasteiger charge is 2.20. The van der Waals surface area contributed by atoms with Crippen molar-refractivity contribution < 1.29 is 9.84 Å². The second kappa shape index (κ2) is 4.42. The number of hydrogen-bond acceptors (Lipinski definition) is 4. The molecule has 0 amide bonds. The van der Waals surface area contributed by atoms with Gasteiger partial charge in [-0.3, -0.25) is 0 Å². The molecule has 0 spiro atoms. The molecule has 0 saturated heterocycles. The Balaban J connectivity index is 1.92. The van der Waals surface area contributed by atoms with Crippen LogP contribution in [-0.2, 0) is 13.0 Å². The Bertz CT molecular complexity index is 548. The van der Waals surface area contributed by atoms with Crippen LogP contribution in [-0.4, -0.2) is 33.1 Å². The zero-order chi connectivity index (χ0) is 12.5. The Kier molecular flexibility index (Phi) is 2.76. The number of hydrogen-bond donors (Lipinski definition) is 1. The largest absolute Gasteiger partial charge is 0.497 e. The fraction of sp³-hybridized carbons (Fsp3) is 0.385. The molecule has 1 aromatic carbocycles. The van der Waals surface area contributed by atoms with Crippen LogP contribution in [0.1, 0.15) is 12.2 Å². The summed E-state index contributed by atoms with van der Waals surface area (Å²) in [6.45, 7) is 0.736. The van der Waals surface area contributed by atoms with Crippen molar-refractivity contribution >= 4 is 0 Å². The van der Waals surface area contributed by atoms with Gasteiger partial charge in [-0.2, -0.15) is 5.10 Å². The highest BCUT2D eigenvalue weighted by Crippen LogP contribution is 2.22. The van der Waals surface area contributed by atoms with Crippen molar-refractivity contribution in [3.05, 3.63) is 30.1 Å². The number of nitrogens with zero attached hydrogens (tertiary/aromatic N) is 3. The monoisotopic (exact) mass is 245 g/mol. The topological polar surface area (TPSA) is 60.2 Å². The first-order valence-electron chi connectivity index (χ1n) is 6.02. The van der Waals surface area contributed by atoms with Gasteiger partial charge in [0.2, 0.25) is 0 Å². The fourth-order valence-electron chi connectivity index (χ4n) is 2.15. The van der Waals surface area contributed by atoms with Crippen molar-refractivity contribution in [2.24, 2.45) is 0 Å². The van der Waals surface area contributed by atoms with Gasteiger partial charge in [-0.1, -0.05) is 0 Å². The van der Waals surface area contributed by atoms with E-state index in [2.05, 4.69) is 10.1 Å². The van der Waals surface area contributed by atoms with Gasteiger partial charge >= 0.3 is 0 Å². The SMILES string of the molecule is COc1ccc(-c2nc3n(n2)CCC(O)C3)cc1. The minimum absolute atomic E-state index is 0.287. The molecule has 0 saturated carbocycles. The maximum Gasteiger partial charge on any atom is 0.181 e. The zero-order valence-corrected chi connectivity index (χ0v) is 10.2. The Morgan fingerprint density at radius 3 is 2.83 bits per heavy atom. The standard InChI is InChI=1S/C13H15N3O2/c1-18-11-4-2-9(3-5-11)13-14-12-8-10(17)6-7-16(12)15-13/h2-5,10,17H,6-8H2,1H3. The van der Waals surface area contributed by atoms with Gasteiger partial charge in [0.25, 0.3) is 0 Å². The number of benzene rings is 1. The maximum atomic E-state index is 9.61. The summed E-state index contributed by atoms with van der Waals surface area (Å²) in [5.74, 6) is 2.39. The lowest BCUT2D eigenvalue weighted by molar-refractivity contribution is 0.138. The molecule has 1 aliphatic heterocycles. The number of methoxy groups -OCH3 is 1. The quantitative estimate of drug-likeness (QED) is 0.865. The van der Waals surface area contributed by atoms with Crippen molar-refractivity contribution in [2.75, 3.05) is 7.11 Å². The average molecular weight is 245 g/mol. The molecule has 1 unspecified atom stereocenters. The van der Waals surface area contributed by atoms with E-state index in [1.807, 2.05) is 28.9 Å². The summed E-state index contributed by atoms with van der Waals surface area (Å²) in [6.07, 6.45) is 1.05. The van der Waals surface area contributed by atoms with Gasteiger partial charge < -0.3 is 9.84 Å². The third-order valence-electron chi connectivity index (χ3n) is 3.19. The summed E-state index contributed by atoms with van der Waals surface area (Å²) >= 11 is 0. The Morgan fingerprint density at radius 1 is 1.33 bits per heavy atom. The molecule has 1 aromatic heterocycles. The van der Waals surface area contributed by atoms with E-state index < -0.39 is 0 Å². The van der Waals surface area contributed by atoms with Crippen LogP contribution in [0.15, 0.2) is 24.3 Å². The minimum Gasteiger partial charge on any atom is -0.497 e. The van der Waals surface area contributed by atoms with E-state index in [-0.39, 0.29) is 6.10 Å². The van der Waals surface area contributed by atoms with Gasteiger partial charge in [0, 0.05) is 18.5 Å². The molecule has 2 aromatic rings. The number of ether oxygens (including phenoxy) is 1. The molecule has 3 rings (SSSR count). The van der Waals surface area contributed by atoms with E-state index in [1.54, 1.807) is 7.11 Å². The van der Waals surface area contributed by atoms with E-state index in [4.69, 9.17) is 4.74 Å². The second-order valence-corrected chi connectivity index (χ2v) is 4.45. The summed E-state index contributed by atoms with van der Waals surface area (Å²) < 4.78 is 7.00. The number of aromatic nitrogens is 3. The van der Waals surface area contributed by atoms with E-state index in [9.17, 15) is 5.11 Å². The molecule has 18 heavy (non-hydrogen) atoms. The summed E-state index contributed by atoms with van der Waals surface area (Å²) in [4.78, 5) is 4.48. The first kappa shape index (κ1) is 11.2. The maximum absolute atomic E-state index is 9.61. The Labute approximate surface area is 105 Å². The molecule has 5 nitrogen and oxygen atoms in total. The van der Waals surface area contributed by atoms with Gasteiger partial charge in [-0.25, -0.2) is 9.67 Å². The molecule has 1 atom stereocenters. The van der Waals surface area contributed by atoms with E-state index in [0.717, 1.165) is 30.1 Å². The molecule has 0 aliphatic carbocycles. The minimum atomic E-state index is -0.287. The normalized spacial score (nSPS) is 18.4. The smallest absolute Gasteiger partial charge is 0.181 e. The van der Waals surface area contributed by atoms with Crippen LogP contribution in [0.3, 0.4) is 0 Å². The van der Waals surface area contributed by atoms with Gasteiger partial charge in [-0.15, -0.1) is 0 Å². The fourth-order valence-corrected chi connectivity index (χ4v) is 2.15. The van der Waals surface area contributed by atoms with Gasteiger partial charge in [0.1, 0.15) is 11.6 Å². The van der Waals surface area contributed by atoms with Crippen molar-refractivity contribution in [2.45, 2.75) is 25.5 Å². The molecule has 5 heteroatoms. The average Bonchev–Trinajstić information content (AvgIpc) is 2.81. The molecule has 1 N–H and O–H groups in total.